The minimum Gasteiger partial charge on any atom is -0.485 e. The number of aromatic nitrogens is 4. The molecule has 0 saturated carbocycles. The summed E-state index contributed by atoms with van der Waals surface area (Å²) in [4.78, 5) is 12.0. The number of fused-ring (bicyclic) bond motifs is 4. The van der Waals surface area contributed by atoms with Gasteiger partial charge in [0.25, 0.3) is 0 Å². The van der Waals surface area contributed by atoms with Gasteiger partial charge in [-0.25, -0.2) is 4.98 Å². The van der Waals surface area contributed by atoms with Crippen LogP contribution in [0.5, 0.6) is 5.75 Å². The Morgan fingerprint density at radius 3 is 2.68 bits per heavy atom. The summed E-state index contributed by atoms with van der Waals surface area (Å²) >= 11 is 0. The van der Waals surface area contributed by atoms with Crippen LogP contribution in [0.15, 0.2) is 65.4 Å². The van der Waals surface area contributed by atoms with Gasteiger partial charge < -0.3 is 14.2 Å². The number of hydrogen-bond acceptors (Lipinski definition) is 6. The largest absolute Gasteiger partial charge is 0.485 e. The van der Waals surface area contributed by atoms with Gasteiger partial charge in [0.2, 0.25) is 0 Å². The topological polar surface area (TPSA) is 69.2 Å². The van der Waals surface area contributed by atoms with Crippen molar-refractivity contribution >= 4 is 10.9 Å². The first kappa shape index (κ1) is 23.2. The lowest BCUT2D eigenvalue weighted by atomic mass is 9.87. The molecule has 192 valence electrons. The molecule has 1 fully saturated rings. The van der Waals surface area contributed by atoms with Crippen LogP contribution < -0.4 is 4.74 Å². The molecule has 2 aliphatic rings. The van der Waals surface area contributed by atoms with Gasteiger partial charge in [-0.05, 0) is 81.4 Å². The molecule has 0 spiro atoms. The third-order valence-corrected chi connectivity index (χ3v) is 8.05. The maximum absolute atomic E-state index is 6.33. The van der Waals surface area contributed by atoms with Crippen LogP contribution in [0, 0.1) is 13.8 Å². The van der Waals surface area contributed by atoms with Crippen LogP contribution in [0.25, 0.3) is 28.0 Å². The summed E-state index contributed by atoms with van der Waals surface area (Å²) < 4.78 is 13.9. The molecule has 0 bridgehead atoms. The maximum atomic E-state index is 6.33. The first-order chi connectivity index (χ1) is 18.6. The van der Waals surface area contributed by atoms with E-state index in [0.29, 0.717) is 18.3 Å². The molecule has 0 N–H and O–H groups in total. The quantitative estimate of drug-likeness (QED) is 0.292. The first-order valence-electron chi connectivity index (χ1n) is 13.5. The third-order valence-electron chi connectivity index (χ3n) is 8.05. The Bertz CT molecular complexity index is 1630. The zero-order chi connectivity index (χ0) is 25.6. The van der Waals surface area contributed by atoms with Crippen molar-refractivity contribution in [2.24, 2.45) is 0 Å². The van der Waals surface area contributed by atoms with Crippen molar-refractivity contribution in [2.45, 2.75) is 45.6 Å². The number of benzene rings is 2. The van der Waals surface area contributed by atoms with Gasteiger partial charge in [0.15, 0.2) is 5.76 Å². The highest BCUT2D eigenvalue weighted by atomic mass is 16.5. The second-order valence-corrected chi connectivity index (χ2v) is 10.5. The Morgan fingerprint density at radius 2 is 1.84 bits per heavy atom. The summed E-state index contributed by atoms with van der Waals surface area (Å²) in [5, 5.41) is 5.32. The number of hydrogen-bond donors (Lipinski definition) is 0. The number of nitrogens with zero attached hydrogens (tertiary/aromatic N) is 5. The monoisotopic (exact) mass is 505 g/mol. The molecule has 1 saturated heterocycles. The molecular formula is C31H31N5O2. The predicted molar refractivity (Wildman–Crippen MR) is 147 cm³/mol. The molecule has 0 amide bonds. The van der Waals surface area contributed by atoms with Crippen molar-refractivity contribution in [3.8, 4) is 22.9 Å². The van der Waals surface area contributed by atoms with E-state index in [4.69, 9.17) is 14.2 Å². The smallest absolute Gasteiger partial charge is 0.187 e. The van der Waals surface area contributed by atoms with E-state index in [1.165, 1.54) is 29.4 Å². The fraction of sp³-hybridized carbons (Fsp3) is 0.323. The molecule has 5 aromatic rings. The molecule has 0 atom stereocenters. The summed E-state index contributed by atoms with van der Waals surface area (Å²) in [6, 6.07) is 19.3. The normalized spacial score (nSPS) is 15.8. The van der Waals surface area contributed by atoms with E-state index in [2.05, 4.69) is 75.1 Å². The zero-order valence-electron chi connectivity index (χ0n) is 21.9. The highest BCUT2D eigenvalue weighted by Crippen LogP contribution is 2.37. The Labute approximate surface area is 222 Å². The van der Waals surface area contributed by atoms with Gasteiger partial charge in [-0.3, -0.25) is 9.55 Å². The van der Waals surface area contributed by atoms with E-state index < -0.39 is 0 Å². The number of ether oxygens (including phenoxy) is 1. The van der Waals surface area contributed by atoms with Crippen LogP contribution in [0.2, 0.25) is 0 Å². The van der Waals surface area contributed by atoms with Crippen LogP contribution in [0.3, 0.4) is 0 Å². The molecule has 3 aromatic heterocycles. The molecule has 7 nitrogen and oxygen atoms in total. The summed E-state index contributed by atoms with van der Waals surface area (Å²) in [5.41, 5.74) is 8.56. The second kappa shape index (κ2) is 9.40. The van der Waals surface area contributed by atoms with Crippen molar-refractivity contribution < 1.29 is 9.26 Å². The summed E-state index contributed by atoms with van der Waals surface area (Å²) in [5.74, 6) is 2.23. The maximum Gasteiger partial charge on any atom is 0.187 e. The summed E-state index contributed by atoms with van der Waals surface area (Å²) in [7, 11) is 0. The van der Waals surface area contributed by atoms with E-state index in [-0.39, 0.29) is 0 Å². The van der Waals surface area contributed by atoms with Gasteiger partial charge in [-0.2, -0.15) is 0 Å². The van der Waals surface area contributed by atoms with Crippen LogP contribution in [-0.4, -0.2) is 44.2 Å². The SMILES string of the molecule is Cc1cc(-c2ncn3c2COc2c(CCN4CCC(c5cccc6nc(C)ccc56)CC4)cccc2-3)on1. The zero-order valence-corrected chi connectivity index (χ0v) is 21.9. The number of aryl methyl sites for hydroxylation is 2. The van der Waals surface area contributed by atoms with E-state index in [1.807, 2.05) is 19.3 Å². The van der Waals surface area contributed by atoms with Crippen molar-refractivity contribution in [1.82, 2.24) is 24.6 Å². The molecule has 5 heterocycles. The predicted octanol–water partition coefficient (Wildman–Crippen LogP) is 6.01. The number of pyridine rings is 1. The van der Waals surface area contributed by atoms with Crippen LogP contribution in [0.1, 0.15) is 47.0 Å². The van der Waals surface area contributed by atoms with Crippen molar-refractivity contribution in [2.75, 3.05) is 19.6 Å². The minimum absolute atomic E-state index is 0.462. The molecule has 0 aliphatic carbocycles. The third kappa shape index (κ3) is 4.07. The molecule has 38 heavy (non-hydrogen) atoms. The number of likely N-dealkylation sites (tertiary alicyclic amines) is 1. The van der Waals surface area contributed by atoms with Crippen LogP contribution in [0.4, 0.5) is 0 Å². The fourth-order valence-corrected chi connectivity index (χ4v) is 6.05. The number of para-hydroxylation sites is 1. The second-order valence-electron chi connectivity index (χ2n) is 10.5. The Balaban J connectivity index is 1.04. The highest BCUT2D eigenvalue weighted by molar-refractivity contribution is 5.83. The lowest BCUT2D eigenvalue weighted by Gasteiger charge is -2.33. The van der Waals surface area contributed by atoms with Gasteiger partial charge in [-0.1, -0.05) is 35.5 Å². The van der Waals surface area contributed by atoms with Crippen LogP contribution in [-0.2, 0) is 13.0 Å². The molecule has 7 rings (SSSR count). The van der Waals surface area contributed by atoms with Gasteiger partial charge >= 0.3 is 0 Å². The standard InChI is InChI=1S/C31H31N5O2/c1-20-9-10-25-24(6-4-7-26(25)33-20)22-11-14-35(15-12-22)16-13-23-5-3-8-27-31(23)37-18-28-30(32-19-36(27)28)29-17-21(2)34-38-29/h3-10,17,19,22H,11-16,18H2,1-2H3. The van der Waals surface area contributed by atoms with E-state index in [0.717, 1.165) is 65.8 Å². The van der Waals surface area contributed by atoms with E-state index in [9.17, 15) is 0 Å². The Morgan fingerprint density at radius 1 is 0.974 bits per heavy atom. The number of imidazole rings is 1. The number of rotatable bonds is 5. The average Bonchev–Trinajstić information content (AvgIpc) is 3.58. The molecule has 0 unspecified atom stereocenters. The molecule has 0 radical (unpaired) electrons. The lowest BCUT2D eigenvalue weighted by Crippen LogP contribution is -2.34. The fourth-order valence-electron chi connectivity index (χ4n) is 6.05. The Hall–Kier alpha value is -3.97. The van der Waals surface area contributed by atoms with Crippen molar-refractivity contribution in [3.63, 3.8) is 0 Å². The van der Waals surface area contributed by atoms with Crippen molar-refractivity contribution in [3.05, 3.63) is 89.1 Å². The molecule has 2 aromatic carbocycles. The lowest BCUT2D eigenvalue weighted by molar-refractivity contribution is 0.213. The van der Waals surface area contributed by atoms with E-state index >= 15 is 0 Å². The molecule has 2 aliphatic heterocycles. The van der Waals surface area contributed by atoms with E-state index in [1.54, 1.807) is 0 Å². The average molecular weight is 506 g/mol. The van der Waals surface area contributed by atoms with Gasteiger partial charge in [-0.15, -0.1) is 0 Å². The Kier molecular flexibility index (Phi) is 5.73. The highest BCUT2D eigenvalue weighted by Gasteiger charge is 2.26. The van der Waals surface area contributed by atoms with Crippen molar-refractivity contribution in [1.29, 1.82) is 0 Å². The van der Waals surface area contributed by atoms with Gasteiger partial charge in [0.05, 0.1) is 22.6 Å². The summed E-state index contributed by atoms with van der Waals surface area (Å²) in [6.07, 6.45) is 5.18. The minimum atomic E-state index is 0.462. The first-order valence-corrected chi connectivity index (χ1v) is 13.5. The molecular weight excluding hydrogens is 474 g/mol. The number of piperidine rings is 1. The van der Waals surface area contributed by atoms with Gasteiger partial charge in [0, 0.05) is 23.7 Å². The van der Waals surface area contributed by atoms with Crippen LogP contribution >= 0.6 is 0 Å². The summed E-state index contributed by atoms with van der Waals surface area (Å²) in [6.45, 7) is 7.69. The molecule has 7 heteroatoms. The van der Waals surface area contributed by atoms with Gasteiger partial charge in [0.1, 0.15) is 24.4 Å².